The smallest absolute Gasteiger partial charge is 0.264 e. The van der Waals surface area contributed by atoms with E-state index in [1.165, 1.54) is 0 Å². The normalized spacial score (nSPS) is 16.7. The van der Waals surface area contributed by atoms with Crippen molar-refractivity contribution in [2.75, 3.05) is 54.2 Å². The predicted octanol–water partition coefficient (Wildman–Crippen LogP) is 9.15. The fourth-order valence-corrected chi connectivity index (χ4v) is 11.8. The molecule has 0 amide bonds. The molecule has 0 bridgehead atoms. The minimum absolute atomic E-state index is 0.260. The van der Waals surface area contributed by atoms with E-state index < -0.39 is 51.3 Å². The van der Waals surface area contributed by atoms with Gasteiger partial charge in [0.1, 0.15) is 18.0 Å². The van der Waals surface area contributed by atoms with Crippen molar-refractivity contribution < 1.29 is 65.9 Å². The van der Waals surface area contributed by atoms with Gasteiger partial charge in [-0.15, -0.1) is 0 Å². The molecule has 0 saturated heterocycles. The van der Waals surface area contributed by atoms with E-state index in [0.29, 0.717) is 50.3 Å². The van der Waals surface area contributed by atoms with Crippen LogP contribution in [0.4, 0.5) is 11.4 Å². The molecule has 2 heterocycles. The molecule has 0 aromatic heterocycles. The molecule has 4 aromatic rings. The molecule has 2 aliphatic rings. The zero-order valence-corrected chi connectivity index (χ0v) is 43.8. The molecule has 4 N–H and O–H groups in total. The summed E-state index contributed by atoms with van der Waals surface area (Å²) in [5.41, 5.74) is 4.96. The van der Waals surface area contributed by atoms with Crippen molar-refractivity contribution >= 4 is 79.1 Å². The molecule has 20 heteroatoms. The summed E-state index contributed by atoms with van der Waals surface area (Å²) in [5, 5.41) is 3.93. The van der Waals surface area contributed by atoms with Gasteiger partial charge in [0.05, 0.1) is 41.6 Å². The third-order valence-corrected chi connectivity index (χ3v) is 16.0. The van der Waals surface area contributed by atoms with Crippen LogP contribution in [0.1, 0.15) is 90.2 Å². The summed E-state index contributed by atoms with van der Waals surface area (Å²) in [6.45, 7) is 10.0. The zero-order valence-electron chi connectivity index (χ0n) is 40.5. The van der Waals surface area contributed by atoms with Gasteiger partial charge in [0.25, 0.3) is 40.5 Å². The van der Waals surface area contributed by atoms with Crippen LogP contribution in [-0.4, -0.2) is 111 Å². The van der Waals surface area contributed by atoms with Crippen molar-refractivity contribution in [3.63, 3.8) is 0 Å². The fraction of sp³-hybridized carbons (Fsp3) is 0.431. The van der Waals surface area contributed by atoms with Crippen LogP contribution in [0.5, 0.6) is 11.5 Å². The SMILES string of the molecule is CC1(C)C(/C=C/C=C/C=C/C=C2/N(CCCCS(=O)(=O)O)c3ccc4ccc(OCCCCS(=O)(=O)O)cc4c3C2(C)C)=[N+](CCCCS(=O)(=O)O)c2ccc3ccc(OCCCCS(=O)(=O)O)cc3c21. The quantitative estimate of drug-likeness (QED) is 0.0198. The lowest BCUT2D eigenvalue weighted by Gasteiger charge is -2.27. The Kier molecular flexibility index (Phi) is 17.8. The van der Waals surface area contributed by atoms with Crippen LogP contribution in [0.3, 0.4) is 0 Å². The fourth-order valence-electron chi connectivity index (χ4n) is 9.53. The van der Waals surface area contributed by atoms with Crippen molar-refractivity contribution in [3.05, 3.63) is 120 Å². The van der Waals surface area contributed by atoms with Gasteiger partial charge in [0.2, 0.25) is 5.69 Å². The standard InChI is InChI=1S/C51H64N2O14S4/c1-50(2)46(52(28-10-14-32-68(54,55)56)44-26-22-38-20-24-40(36-42(38)48(44)50)66-30-12-16-34-70(60,61)62)18-8-6-5-7-9-19-47-51(3,4)49-43-37-41(67-31-13-17-35-71(63,64)65)25-21-39(43)23-27-45(49)53(47)29-11-15-33-69(57,58)59/h5-9,18-27,36-37H,10-17,28-35H2,1-4H3,(H3-,54,55,56,57,58,59,60,61,62,63,64,65)/p+1. The minimum atomic E-state index is -4.12. The number of nitrogens with zero attached hydrogens (tertiary/aromatic N) is 2. The second-order valence-electron chi connectivity index (χ2n) is 19.0. The summed E-state index contributed by atoms with van der Waals surface area (Å²) >= 11 is 0. The highest BCUT2D eigenvalue weighted by molar-refractivity contribution is 7.86. The van der Waals surface area contributed by atoms with Gasteiger partial charge < -0.3 is 14.4 Å². The third kappa shape index (κ3) is 15.1. The maximum atomic E-state index is 11.6. The van der Waals surface area contributed by atoms with E-state index in [4.69, 9.17) is 18.6 Å². The highest BCUT2D eigenvalue weighted by Crippen LogP contribution is 2.51. The number of anilines is 1. The minimum Gasteiger partial charge on any atom is -0.494 e. The molecule has 0 unspecified atom stereocenters. The molecule has 4 aromatic carbocycles. The van der Waals surface area contributed by atoms with Gasteiger partial charge in [-0.25, -0.2) is 0 Å². The van der Waals surface area contributed by atoms with Crippen LogP contribution in [-0.2, 0) is 51.3 Å². The lowest BCUT2D eigenvalue weighted by atomic mass is 9.79. The molecule has 0 atom stereocenters. The van der Waals surface area contributed by atoms with Crippen LogP contribution in [0.25, 0.3) is 21.5 Å². The van der Waals surface area contributed by atoms with E-state index in [1.807, 2.05) is 91.1 Å². The first-order valence-corrected chi connectivity index (χ1v) is 30.0. The second-order valence-corrected chi connectivity index (χ2v) is 25.3. The first-order chi connectivity index (χ1) is 33.3. The van der Waals surface area contributed by atoms with Crippen molar-refractivity contribution in [2.45, 2.75) is 89.9 Å². The van der Waals surface area contributed by atoms with Gasteiger partial charge >= 0.3 is 0 Å². The van der Waals surface area contributed by atoms with Crippen molar-refractivity contribution in [1.29, 1.82) is 0 Å². The average molecular weight is 1060 g/mol. The molecule has 386 valence electrons. The van der Waals surface area contributed by atoms with Gasteiger partial charge in [-0.1, -0.05) is 62.4 Å². The Bertz CT molecular complexity index is 3230. The van der Waals surface area contributed by atoms with Crippen LogP contribution >= 0.6 is 0 Å². The number of ether oxygens (including phenoxy) is 2. The number of unbranched alkanes of at least 4 members (excludes halogenated alkanes) is 4. The van der Waals surface area contributed by atoms with Crippen LogP contribution in [0.15, 0.2) is 109 Å². The van der Waals surface area contributed by atoms with Crippen LogP contribution < -0.4 is 14.4 Å². The number of hydrogen-bond acceptors (Lipinski definition) is 11. The highest BCUT2D eigenvalue weighted by atomic mass is 32.2. The first kappa shape index (κ1) is 55.4. The molecule has 6 rings (SSSR count). The van der Waals surface area contributed by atoms with Gasteiger partial charge in [0.15, 0.2) is 5.71 Å². The van der Waals surface area contributed by atoms with Crippen molar-refractivity contribution in [1.82, 2.24) is 0 Å². The highest BCUT2D eigenvalue weighted by Gasteiger charge is 2.45. The number of fused-ring (bicyclic) bond motifs is 6. The lowest BCUT2D eigenvalue weighted by Crippen LogP contribution is -2.28. The Labute approximate surface area is 418 Å². The lowest BCUT2D eigenvalue weighted by molar-refractivity contribution is -0.438. The third-order valence-electron chi connectivity index (χ3n) is 12.8. The Morgan fingerprint density at radius 1 is 0.535 bits per heavy atom. The van der Waals surface area contributed by atoms with Crippen LogP contribution in [0.2, 0.25) is 0 Å². The molecule has 2 aliphatic heterocycles. The van der Waals surface area contributed by atoms with E-state index in [2.05, 4.69) is 49.3 Å². The monoisotopic (exact) mass is 1060 g/mol. The topological polar surface area (TPSA) is 242 Å². The summed E-state index contributed by atoms with van der Waals surface area (Å²) in [6.07, 6.45) is 16.7. The molecule has 16 nitrogen and oxygen atoms in total. The Morgan fingerprint density at radius 2 is 1.00 bits per heavy atom. The Morgan fingerprint density at radius 3 is 1.55 bits per heavy atom. The summed E-state index contributed by atoms with van der Waals surface area (Å²) in [5.74, 6) is -0.128. The number of allylic oxidation sites excluding steroid dienone is 8. The Hall–Kier alpha value is -4.93. The summed E-state index contributed by atoms with van der Waals surface area (Å²) in [4.78, 5) is 2.18. The maximum absolute atomic E-state index is 11.6. The van der Waals surface area contributed by atoms with Gasteiger partial charge in [0, 0.05) is 47.5 Å². The second kappa shape index (κ2) is 22.9. The van der Waals surface area contributed by atoms with Gasteiger partial charge in [-0.2, -0.15) is 38.2 Å². The molecule has 0 spiro atoms. The summed E-state index contributed by atoms with van der Waals surface area (Å²) in [7, 11) is -16.3. The van der Waals surface area contributed by atoms with E-state index in [1.54, 1.807) is 0 Å². The largest absolute Gasteiger partial charge is 0.494 e. The molecular weight excluding hydrogens is 993 g/mol. The van der Waals surface area contributed by atoms with Crippen molar-refractivity contribution in [2.24, 2.45) is 0 Å². The maximum Gasteiger partial charge on any atom is 0.264 e. The predicted molar refractivity (Wildman–Crippen MR) is 280 cm³/mol. The van der Waals surface area contributed by atoms with Crippen molar-refractivity contribution in [3.8, 4) is 11.5 Å². The van der Waals surface area contributed by atoms with Gasteiger partial charge in [-0.05, 0) is 128 Å². The molecule has 71 heavy (non-hydrogen) atoms. The van der Waals surface area contributed by atoms with E-state index in [-0.39, 0.29) is 61.9 Å². The molecule has 0 saturated carbocycles. The molecule has 0 aliphatic carbocycles. The summed E-state index contributed by atoms with van der Waals surface area (Å²) in [6, 6.07) is 19.8. The number of benzene rings is 4. The Balaban J connectivity index is 1.25. The van der Waals surface area contributed by atoms with Gasteiger partial charge in [-0.3, -0.25) is 18.2 Å². The zero-order chi connectivity index (χ0) is 51.8. The van der Waals surface area contributed by atoms with E-state index in [0.717, 1.165) is 55.5 Å². The molecule has 0 fully saturated rings. The first-order valence-electron chi connectivity index (χ1n) is 23.6. The average Bonchev–Trinajstić information content (AvgIpc) is 3.62. The van der Waals surface area contributed by atoms with E-state index >= 15 is 0 Å². The summed E-state index contributed by atoms with van der Waals surface area (Å²) < 4.78 is 142. The van der Waals surface area contributed by atoms with E-state index in [9.17, 15) is 42.8 Å². The number of rotatable bonds is 26. The molecule has 0 radical (unpaired) electrons. The number of hydrogen-bond donors (Lipinski definition) is 4. The van der Waals surface area contributed by atoms with Crippen LogP contribution in [0, 0.1) is 0 Å². The molecular formula is C51H65N2O14S4+.